The number of hydrogen-bond acceptors (Lipinski definition) is 4. The standard InChI is InChI=1S/C15H24N2O3/c1-4-17-15(18)7-8-20-13-6-5-12(9-11(2)16)10-14(13)19-3/h5-6,10-11H,4,7-9,16H2,1-3H3,(H,17,18). The normalized spacial score (nSPS) is 11.8. The van der Waals surface area contributed by atoms with Gasteiger partial charge in [-0.05, 0) is 38.0 Å². The van der Waals surface area contributed by atoms with Gasteiger partial charge < -0.3 is 20.5 Å². The molecule has 0 heterocycles. The summed E-state index contributed by atoms with van der Waals surface area (Å²) >= 11 is 0. The summed E-state index contributed by atoms with van der Waals surface area (Å²) in [6.45, 7) is 4.81. The molecular formula is C15H24N2O3. The van der Waals surface area contributed by atoms with Crippen molar-refractivity contribution in [3.05, 3.63) is 23.8 Å². The van der Waals surface area contributed by atoms with Crippen LogP contribution in [0.25, 0.3) is 0 Å². The van der Waals surface area contributed by atoms with Crippen LogP contribution in [-0.4, -0.2) is 32.2 Å². The summed E-state index contributed by atoms with van der Waals surface area (Å²) in [6.07, 6.45) is 1.12. The number of methoxy groups -OCH3 is 1. The highest BCUT2D eigenvalue weighted by Gasteiger charge is 2.08. The van der Waals surface area contributed by atoms with Crippen molar-refractivity contribution in [2.45, 2.75) is 32.7 Å². The Balaban J connectivity index is 2.59. The number of amides is 1. The first kappa shape index (κ1) is 16.3. The van der Waals surface area contributed by atoms with E-state index in [1.807, 2.05) is 32.0 Å². The Hall–Kier alpha value is -1.75. The molecule has 0 aliphatic heterocycles. The lowest BCUT2D eigenvalue weighted by Gasteiger charge is -2.13. The van der Waals surface area contributed by atoms with E-state index in [1.165, 1.54) is 0 Å². The molecule has 0 aliphatic rings. The number of carbonyl (C=O) groups excluding carboxylic acids is 1. The summed E-state index contributed by atoms with van der Waals surface area (Å²) in [5, 5.41) is 2.73. The highest BCUT2D eigenvalue weighted by Crippen LogP contribution is 2.28. The predicted molar refractivity (Wildman–Crippen MR) is 79.1 cm³/mol. The third-order valence-electron chi connectivity index (χ3n) is 2.75. The summed E-state index contributed by atoms with van der Waals surface area (Å²) in [6, 6.07) is 5.84. The molecule has 20 heavy (non-hydrogen) atoms. The third kappa shape index (κ3) is 5.48. The van der Waals surface area contributed by atoms with Gasteiger partial charge in [0.25, 0.3) is 0 Å². The maximum absolute atomic E-state index is 11.3. The zero-order chi connectivity index (χ0) is 15.0. The van der Waals surface area contributed by atoms with Crippen LogP contribution in [0.2, 0.25) is 0 Å². The van der Waals surface area contributed by atoms with E-state index < -0.39 is 0 Å². The van der Waals surface area contributed by atoms with E-state index in [4.69, 9.17) is 15.2 Å². The first-order chi connectivity index (χ1) is 9.56. The lowest BCUT2D eigenvalue weighted by atomic mass is 10.1. The number of nitrogens with two attached hydrogens (primary N) is 1. The number of carbonyl (C=O) groups is 1. The van der Waals surface area contributed by atoms with Crippen LogP contribution in [0.4, 0.5) is 0 Å². The molecule has 0 aliphatic carbocycles. The predicted octanol–water partition coefficient (Wildman–Crippen LogP) is 1.49. The Bertz CT molecular complexity index is 433. The second kappa shape index (κ2) is 8.43. The summed E-state index contributed by atoms with van der Waals surface area (Å²) in [5.74, 6) is 1.30. The van der Waals surface area contributed by atoms with E-state index in [1.54, 1.807) is 7.11 Å². The van der Waals surface area contributed by atoms with Crippen LogP contribution in [0.3, 0.4) is 0 Å². The molecule has 1 rings (SSSR count). The highest BCUT2D eigenvalue weighted by molar-refractivity contribution is 5.75. The van der Waals surface area contributed by atoms with E-state index in [-0.39, 0.29) is 11.9 Å². The molecule has 0 saturated heterocycles. The van der Waals surface area contributed by atoms with Crippen molar-refractivity contribution in [3.8, 4) is 11.5 Å². The quantitative estimate of drug-likeness (QED) is 0.756. The number of rotatable bonds is 8. The SMILES string of the molecule is CCNC(=O)CCOc1ccc(CC(C)N)cc1OC. The van der Waals surface area contributed by atoms with E-state index in [2.05, 4.69) is 5.32 Å². The first-order valence-electron chi connectivity index (χ1n) is 6.88. The molecule has 0 radical (unpaired) electrons. The lowest BCUT2D eigenvalue weighted by molar-refractivity contribution is -0.121. The molecule has 1 atom stereocenters. The van der Waals surface area contributed by atoms with Gasteiger partial charge in [-0.3, -0.25) is 4.79 Å². The van der Waals surface area contributed by atoms with Crippen molar-refractivity contribution in [2.75, 3.05) is 20.3 Å². The van der Waals surface area contributed by atoms with Crippen LogP contribution in [-0.2, 0) is 11.2 Å². The van der Waals surface area contributed by atoms with Gasteiger partial charge in [0, 0.05) is 12.6 Å². The summed E-state index contributed by atoms with van der Waals surface area (Å²) < 4.78 is 10.9. The molecule has 0 aromatic heterocycles. The first-order valence-corrected chi connectivity index (χ1v) is 6.88. The molecule has 1 aromatic carbocycles. The van der Waals surface area contributed by atoms with E-state index >= 15 is 0 Å². The molecule has 0 saturated carbocycles. The number of hydrogen-bond donors (Lipinski definition) is 2. The Kier molecular flexibility index (Phi) is 6.87. The molecule has 0 spiro atoms. The smallest absolute Gasteiger partial charge is 0.223 e. The van der Waals surface area contributed by atoms with Crippen LogP contribution in [0.5, 0.6) is 11.5 Å². The van der Waals surface area contributed by atoms with Crippen molar-refractivity contribution < 1.29 is 14.3 Å². The van der Waals surface area contributed by atoms with Gasteiger partial charge in [-0.1, -0.05) is 6.07 Å². The Morgan fingerprint density at radius 1 is 1.40 bits per heavy atom. The van der Waals surface area contributed by atoms with Crippen LogP contribution >= 0.6 is 0 Å². The average Bonchev–Trinajstić information content (AvgIpc) is 2.39. The molecule has 5 nitrogen and oxygen atoms in total. The molecule has 1 aromatic rings. The van der Waals surface area contributed by atoms with Gasteiger partial charge in [0.05, 0.1) is 20.1 Å². The average molecular weight is 280 g/mol. The number of ether oxygens (including phenoxy) is 2. The van der Waals surface area contributed by atoms with Crippen LogP contribution < -0.4 is 20.5 Å². The van der Waals surface area contributed by atoms with Gasteiger partial charge in [-0.25, -0.2) is 0 Å². The Labute approximate surface area is 120 Å². The monoisotopic (exact) mass is 280 g/mol. The molecule has 5 heteroatoms. The Morgan fingerprint density at radius 2 is 2.15 bits per heavy atom. The van der Waals surface area contributed by atoms with Gasteiger partial charge in [0.1, 0.15) is 0 Å². The minimum atomic E-state index is -0.0138. The zero-order valence-corrected chi connectivity index (χ0v) is 12.4. The Morgan fingerprint density at radius 3 is 2.75 bits per heavy atom. The number of nitrogens with one attached hydrogen (secondary N) is 1. The van der Waals surface area contributed by atoms with Gasteiger partial charge in [0.2, 0.25) is 5.91 Å². The van der Waals surface area contributed by atoms with Gasteiger partial charge in [-0.15, -0.1) is 0 Å². The van der Waals surface area contributed by atoms with Crippen molar-refractivity contribution in [1.29, 1.82) is 0 Å². The van der Waals surface area contributed by atoms with Gasteiger partial charge >= 0.3 is 0 Å². The fraction of sp³-hybridized carbons (Fsp3) is 0.533. The summed E-state index contributed by atoms with van der Waals surface area (Å²) in [4.78, 5) is 11.3. The van der Waals surface area contributed by atoms with Crippen LogP contribution in [0, 0.1) is 0 Å². The molecule has 112 valence electrons. The fourth-order valence-electron chi connectivity index (χ4n) is 1.87. The van der Waals surface area contributed by atoms with Crippen molar-refractivity contribution in [3.63, 3.8) is 0 Å². The summed E-state index contributed by atoms with van der Waals surface area (Å²) in [5.41, 5.74) is 6.88. The second-order valence-corrected chi connectivity index (χ2v) is 4.72. The van der Waals surface area contributed by atoms with Crippen molar-refractivity contribution in [2.24, 2.45) is 5.73 Å². The maximum atomic E-state index is 11.3. The molecule has 3 N–H and O–H groups in total. The van der Waals surface area contributed by atoms with Crippen molar-refractivity contribution in [1.82, 2.24) is 5.32 Å². The summed E-state index contributed by atoms with van der Waals surface area (Å²) in [7, 11) is 1.60. The maximum Gasteiger partial charge on any atom is 0.223 e. The molecule has 0 bridgehead atoms. The van der Waals surface area contributed by atoms with Gasteiger partial charge in [0.15, 0.2) is 11.5 Å². The molecular weight excluding hydrogens is 256 g/mol. The van der Waals surface area contributed by atoms with E-state index in [0.29, 0.717) is 31.1 Å². The minimum absolute atomic E-state index is 0.0138. The van der Waals surface area contributed by atoms with Crippen molar-refractivity contribution >= 4 is 5.91 Å². The highest BCUT2D eigenvalue weighted by atomic mass is 16.5. The van der Waals surface area contributed by atoms with Crippen LogP contribution in [0.1, 0.15) is 25.8 Å². The fourth-order valence-corrected chi connectivity index (χ4v) is 1.87. The van der Waals surface area contributed by atoms with Gasteiger partial charge in [-0.2, -0.15) is 0 Å². The molecule has 1 unspecified atom stereocenters. The zero-order valence-electron chi connectivity index (χ0n) is 12.4. The second-order valence-electron chi connectivity index (χ2n) is 4.72. The lowest BCUT2D eigenvalue weighted by Crippen LogP contribution is -2.24. The topological polar surface area (TPSA) is 73.6 Å². The largest absolute Gasteiger partial charge is 0.493 e. The van der Waals surface area contributed by atoms with Crippen LogP contribution in [0.15, 0.2) is 18.2 Å². The number of benzene rings is 1. The molecule has 0 fully saturated rings. The minimum Gasteiger partial charge on any atom is -0.493 e. The third-order valence-corrected chi connectivity index (χ3v) is 2.75. The van der Waals surface area contributed by atoms with E-state index in [0.717, 1.165) is 12.0 Å². The molecule has 1 amide bonds. The van der Waals surface area contributed by atoms with E-state index in [9.17, 15) is 4.79 Å².